The van der Waals surface area contributed by atoms with Gasteiger partial charge in [0.15, 0.2) is 0 Å². The summed E-state index contributed by atoms with van der Waals surface area (Å²) in [7, 11) is 0. The third-order valence-corrected chi connectivity index (χ3v) is 3.25. The lowest BCUT2D eigenvalue weighted by atomic mass is 10.1. The number of nitriles is 1. The van der Waals surface area contributed by atoms with Crippen LogP contribution in [0.2, 0.25) is 0 Å². The second-order valence-electron chi connectivity index (χ2n) is 3.69. The van der Waals surface area contributed by atoms with Crippen LogP contribution in [0.25, 0.3) is 0 Å². The van der Waals surface area contributed by atoms with Gasteiger partial charge in [0.2, 0.25) is 0 Å². The summed E-state index contributed by atoms with van der Waals surface area (Å²) < 4.78 is 0. The van der Waals surface area contributed by atoms with E-state index in [2.05, 4.69) is 22.0 Å². The van der Waals surface area contributed by atoms with Crippen molar-refractivity contribution in [1.82, 2.24) is 0 Å². The predicted octanol–water partition coefficient (Wildman–Crippen LogP) is 3.23. The minimum absolute atomic E-state index is 0.118. The summed E-state index contributed by atoms with van der Waals surface area (Å²) in [6, 6.07) is 7.14. The van der Waals surface area contributed by atoms with Gasteiger partial charge >= 0.3 is 0 Å². The molecule has 0 heterocycles. The van der Waals surface area contributed by atoms with Gasteiger partial charge in [-0.2, -0.15) is 5.26 Å². The zero-order valence-corrected chi connectivity index (χ0v) is 11.7. The number of halogens is 1. The first-order chi connectivity index (χ1) is 8.63. The highest BCUT2D eigenvalue weighted by Gasteiger charge is 2.14. The molecule has 0 unspecified atom stereocenters. The van der Waals surface area contributed by atoms with Crippen LogP contribution in [0.1, 0.15) is 18.9 Å². The third-order valence-electron chi connectivity index (χ3n) is 2.64. The number of benzene rings is 1. The SMILES string of the molecule is CCN(CCC#N)c1ccc([N+](=O)[O-])c(CBr)c1. The molecule has 0 atom stereocenters. The average molecular weight is 312 g/mol. The Hall–Kier alpha value is -1.61. The number of nitro groups is 1. The molecule has 0 radical (unpaired) electrons. The quantitative estimate of drug-likeness (QED) is 0.459. The Balaban J connectivity index is 3.03. The van der Waals surface area contributed by atoms with E-state index >= 15 is 0 Å². The molecule has 1 aromatic carbocycles. The van der Waals surface area contributed by atoms with Crippen LogP contribution in [0.5, 0.6) is 0 Å². The fourth-order valence-corrected chi connectivity index (χ4v) is 2.16. The summed E-state index contributed by atoms with van der Waals surface area (Å²) >= 11 is 3.26. The van der Waals surface area contributed by atoms with Crippen molar-refractivity contribution in [3.05, 3.63) is 33.9 Å². The summed E-state index contributed by atoms with van der Waals surface area (Å²) in [6.45, 7) is 3.39. The van der Waals surface area contributed by atoms with Gasteiger partial charge in [0.1, 0.15) is 0 Å². The first-order valence-electron chi connectivity index (χ1n) is 5.59. The lowest BCUT2D eigenvalue weighted by Crippen LogP contribution is -2.23. The zero-order chi connectivity index (χ0) is 13.5. The van der Waals surface area contributed by atoms with Gasteiger partial charge in [-0.3, -0.25) is 10.1 Å². The normalized spacial score (nSPS) is 9.83. The van der Waals surface area contributed by atoms with Crippen molar-refractivity contribution in [1.29, 1.82) is 5.26 Å². The fourth-order valence-electron chi connectivity index (χ4n) is 1.71. The zero-order valence-electron chi connectivity index (χ0n) is 10.1. The Morgan fingerprint density at radius 3 is 2.78 bits per heavy atom. The molecular formula is C12H14BrN3O2. The molecule has 0 bridgehead atoms. The van der Waals surface area contributed by atoms with Crippen LogP contribution in [0, 0.1) is 21.4 Å². The van der Waals surface area contributed by atoms with Crippen molar-refractivity contribution in [3.8, 4) is 6.07 Å². The molecule has 0 saturated heterocycles. The maximum absolute atomic E-state index is 10.8. The van der Waals surface area contributed by atoms with Crippen molar-refractivity contribution < 1.29 is 4.92 Å². The highest BCUT2D eigenvalue weighted by atomic mass is 79.9. The Labute approximate surface area is 114 Å². The Morgan fingerprint density at radius 1 is 1.56 bits per heavy atom. The van der Waals surface area contributed by atoms with Crippen molar-refractivity contribution in [3.63, 3.8) is 0 Å². The van der Waals surface area contributed by atoms with E-state index in [1.807, 2.05) is 11.8 Å². The lowest BCUT2D eigenvalue weighted by Gasteiger charge is -2.22. The van der Waals surface area contributed by atoms with Crippen LogP contribution < -0.4 is 4.90 Å². The van der Waals surface area contributed by atoms with Crippen LogP contribution in [0.4, 0.5) is 11.4 Å². The van der Waals surface area contributed by atoms with Crippen molar-refractivity contribution in [2.45, 2.75) is 18.7 Å². The topological polar surface area (TPSA) is 70.2 Å². The van der Waals surface area contributed by atoms with Crippen LogP contribution in [0.3, 0.4) is 0 Å². The van der Waals surface area contributed by atoms with Crippen LogP contribution in [-0.4, -0.2) is 18.0 Å². The van der Waals surface area contributed by atoms with Gasteiger partial charge in [0, 0.05) is 35.7 Å². The first kappa shape index (κ1) is 14.5. The Morgan fingerprint density at radius 2 is 2.28 bits per heavy atom. The smallest absolute Gasteiger partial charge is 0.273 e. The minimum atomic E-state index is -0.383. The van der Waals surface area contributed by atoms with Gasteiger partial charge in [-0.25, -0.2) is 0 Å². The molecule has 0 amide bonds. The van der Waals surface area contributed by atoms with Gasteiger partial charge < -0.3 is 4.90 Å². The summed E-state index contributed by atoms with van der Waals surface area (Å²) in [6.07, 6.45) is 0.439. The van der Waals surface area contributed by atoms with Gasteiger partial charge in [-0.1, -0.05) is 15.9 Å². The second kappa shape index (κ2) is 6.97. The minimum Gasteiger partial charge on any atom is -0.371 e. The average Bonchev–Trinajstić information content (AvgIpc) is 2.39. The standard InChI is InChI=1S/C12H14BrN3O2/c1-2-15(7-3-6-14)11-4-5-12(16(17)18)10(8-11)9-13/h4-5,8H,2-3,7,9H2,1H3. The number of rotatable bonds is 6. The number of hydrogen-bond donors (Lipinski definition) is 0. The largest absolute Gasteiger partial charge is 0.371 e. The van der Waals surface area contributed by atoms with E-state index in [-0.39, 0.29) is 10.6 Å². The molecule has 0 fully saturated rings. The van der Waals surface area contributed by atoms with Gasteiger partial charge in [-0.05, 0) is 19.1 Å². The Bertz CT molecular complexity index is 471. The summed E-state index contributed by atoms with van der Waals surface area (Å²) in [5.74, 6) is 0. The molecule has 1 rings (SSSR count). The molecule has 5 nitrogen and oxygen atoms in total. The van der Waals surface area contributed by atoms with E-state index in [0.717, 1.165) is 12.2 Å². The fraction of sp³-hybridized carbons (Fsp3) is 0.417. The molecule has 0 N–H and O–H groups in total. The van der Waals surface area contributed by atoms with E-state index in [1.54, 1.807) is 12.1 Å². The van der Waals surface area contributed by atoms with Crippen molar-refractivity contribution in [2.75, 3.05) is 18.0 Å². The van der Waals surface area contributed by atoms with Crippen LogP contribution in [0.15, 0.2) is 18.2 Å². The van der Waals surface area contributed by atoms with Gasteiger partial charge in [-0.15, -0.1) is 0 Å². The molecule has 0 aromatic heterocycles. The van der Waals surface area contributed by atoms with E-state index in [1.165, 1.54) is 6.07 Å². The van der Waals surface area contributed by atoms with E-state index in [9.17, 15) is 10.1 Å². The van der Waals surface area contributed by atoms with Gasteiger partial charge in [0.05, 0.1) is 17.4 Å². The first-order valence-corrected chi connectivity index (χ1v) is 6.71. The van der Waals surface area contributed by atoms with Crippen molar-refractivity contribution >= 4 is 27.3 Å². The van der Waals surface area contributed by atoms with Gasteiger partial charge in [0.25, 0.3) is 5.69 Å². The molecule has 6 heteroatoms. The van der Waals surface area contributed by atoms with Crippen molar-refractivity contribution in [2.24, 2.45) is 0 Å². The molecule has 18 heavy (non-hydrogen) atoms. The number of anilines is 1. The second-order valence-corrected chi connectivity index (χ2v) is 4.25. The molecule has 96 valence electrons. The molecular weight excluding hydrogens is 298 g/mol. The lowest BCUT2D eigenvalue weighted by molar-refractivity contribution is -0.385. The summed E-state index contributed by atoms with van der Waals surface area (Å²) in [5.41, 5.74) is 1.67. The van der Waals surface area contributed by atoms with E-state index in [4.69, 9.17) is 5.26 Å². The monoisotopic (exact) mass is 311 g/mol. The highest BCUT2D eigenvalue weighted by molar-refractivity contribution is 9.08. The molecule has 0 aliphatic rings. The molecule has 0 aliphatic carbocycles. The highest BCUT2D eigenvalue weighted by Crippen LogP contribution is 2.26. The van der Waals surface area contributed by atoms with E-state index in [0.29, 0.717) is 23.9 Å². The number of alkyl halides is 1. The molecule has 0 saturated carbocycles. The maximum atomic E-state index is 10.8. The van der Waals surface area contributed by atoms with Crippen LogP contribution in [-0.2, 0) is 5.33 Å². The molecule has 1 aromatic rings. The summed E-state index contributed by atoms with van der Waals surface area (Å²) in [4.78, 5) is 12.5. The predicted molar refractivity (Wildman–Crippen MR) is 73.8 cm³/mol. The van der Waals surface area contributed by atoms with E-state index < -0.39 is 0 Å². The molecule has 0 aliphatic heterocycles. The third kappa shape index (κ3) is 3.44. The maximum Gasteiger partial charge on any atom is 0.273 e. The molecule has 0 spiro atoms. The summed E-state index contributed by atoms with van der Waals surface area (Å²) in [5, 5.41) is 19.9. The Kier molecular flexibility index (Phi) is 5.59. The number of nitrogens with zero attached hydrogens (tertiary/aromatic N) is 3. The van der Waals surface area contributed by atoms with Crippen LogP contribution >= 0.6 is 15.9 Å². The number of hydrogen-bond acceptors (Lipinski definition) is 4. The number of nitro benzene ring substituents is 1.